The Kier molecular flexibility index (Phi) is 3.46. The summed E-state index contributed by atoms with van der Waals surface area (Å²) < 4.78 is 41.5. The normalized spacial score (nSPS) is 12.0. The third-order valence-corrected chi connectivity index (χ3v) is 3.56. The van der Waals surface area contributed by atoms with Crippen LogP contribution in [0.1, 0.15) is 23.9 Å². The lowest BCUT2D eigenvalue weighted by Gasteiger charge is -2.14. The van der Waals surface area contributed by atoms with Crippen LogP contribution in [0.25, 0.3) is 16.7 Å². The van der Waals surface area contributed by atoms with Crippen LogP contribution < -0.4 is 5.56 Å². The average molecular weight is 322 g/mol. The van der Waals surface area contributed by atoms with E-state index >= 15 is 0 Å². The maximum atomic E-state index is 13.4. The van der Waals surface area contributed by atoms with E-state index in [4.69, 9.17) is 0 Å². The number of aryl methyl sites for hydroxylation is 2. The molecule has 8 heteroatoms. The number of halogens is 3. The van der Waals surface area contributed by atoms with Gasteiger partial charge in [-0.3, -0.25) is 4.79 Å². The molecule has 2 aromatic heterocycles. The predicted octanol–water partition coefficient (Wildman–Crippen LogP) is 3.00. The molecule has 0 spiro atoms. The highest BCUT2D eigenvalue weighted by Gasteiger charge is 2.34. The fourth-order valence-corrected chi connectivity index (χ4v) is 2.33. The van der Waals surface area contributed by atoms with Crippen molar-refractivity contribution >= 4 is 11.0 Å². The first-order valence-corrected chi connectivity index (χ1v) is 6.94. The molecule has 0 amide bonds. The number of nitrogens with one attached hydrogen (secondary N) is 1. The van der Waals surface area contributed by atoms with Crippen molar-refractivity contribution in [2.45, 2.75) is 26.4 Å². The van der Waals surface area contributed by atoms with Crippen LogP contribution in [-0.4, -0.2) is 19.5 Å². The van der Waals surface area contributed by atoms with E-state index in [0.29, 0.717) is 12.1 Å². The Morgan fingerprint density at radius 3 is 2.65 bits per heavy atom. The molecule has 0 aliphatic heterocycles. The number of aromatic amines is 1. The zero-order valence-corrected chi connectivity index (χ0v) is 12.4. The first-order valence-electron chi connectivity index (χ1n) is 6.94. The molecular weight excluding hydrogens is 309 g/mol. The number of nitrogens with zero attached hydrogens (tertiary/aromatic N) is 3. The third kappa shape index (κ3) is 2.71. The monoisotopic (exact) mass is 322 g/mol. The van der Waals surface area contributed by atoms with Crippen molar-refractivity contribution in [2.75, 3.05) is 0 Å². The maximum absolute atomic E-state index is 13.4. The highest BCUT2D eigenvalue weighted by molar-refractivity contribution is 5.78. The predicted molar refractivity (Wildman–Crippen MR) is 78.6 cm³/mol. The number of benzene rings is 1. The van der Waals surface area contributed by atoms with Gasteiger partial charge in [-0.15, -0.1) is 0 Å². The smallest absolute Gasteiger partial charge is 0.319 e. The summed E-state index contributed by atoms with van der Waals surface area (Å²) >= 11 is 0. The van der Waals surface area contributed by atoms with Gasteiger partial charge in [-0.1, -0.05) is 6.92 Å². The topological polar surface area (TPSA) is 63.6 Å². The van der Waals surface area contributed by atoms with Gasteiger partial charge in [0.05, 0.1) is 34.3 Å². The molecule has 0 aliphatic carbocycles. The SMILES string of the molecule is CCc1cn(-c2cc3nc(C)c(=O)[nH]c3cc2C(F)(F)F)cn1. The van der Waals surface area contributed by atoms with Crippen molar-refractivity contribution in [1.82, 2.24) is 19.5 Å². The van der Waals surface area contributed by atoms with Gasteiger partial charge in [-0.25, -0.2) is 9.97 Å². The molecule has 23 heavy (non-hydrogen) atoms. The van der Waals surface area contributed by atoms with Crippen molar-refractivity contribution in [3.63, 3.8) is 0 Å². The fourth-order valence-electron chi connectivity index (χ4n) is 2.33. The lowest BCUT2D eigenvalue weighted by molar-refractivity contribution is -0.137. The maximum Gasteiger partial charge on any atom is 0.418 e. The number of imidazole rings is 1. The van der Waals surface area contributed by atoms with E-state index in [1.807, 2.05) is 6.92 Å². The van der Waals surface area contributed by atoms with Crippen LogP contribution in [0, 0.1) is 6.92 Å². The van der Waals surface area contributed by atoms with Crippen molar-refractivity contribution < 1.29 is 13.2 Å². The Bertz CT molecular complexity index is 940. The van der Waals surface area contributed by atoms with Gasteiger partial charge in [0.1, 0.15) is 5.69 Å². The Hall–Kier alpha value is -2.64. The van der Waals surface area contributed by atoms with Crippen LogP contribution in [0.5, 0.6) is 0 Å². The molecule has 0 radical (unpaired) electrons. The summed E-state index contributed by atoms with van der Waals surface area (Å²) in [6.07, 6.45) is -1.06. The van der Waals surface area contributed by atoms with E-state index in [0.717, 1.165) is 6.07 Å². The number of alkyl halides is 3. The number of H-pyrrole nitrogens is 1. The first kappa shape index (κ1) is 15.3. The van der Waals surface area contributed by atoms with Gasteiger partial charge < -0.3 is 9.55 Å². The number of hydrogen-bond donors (Lipinski definition) is 1. The van der Waals surface area contributed by atoms with E-state index in [-0.39, 0.29) is 22.4 Å². The van der Waals surface area contributed by atoms with Gasteiger partial charge in [-0.2, -0.15) is 13.2 Å². The summed E-state index contributed by atoms with van der Waals surface area (Å²) in [5.41, 5.74) is -0.215. The van der Waals surface area contributed by atoms with Gasteiger partial charge in [0, 0.05) is 6.20 Å². The molecule has 1 N–H and O–H groups in total. The Labute approximate surface area is 128 Å². The summed E-state index contributed by atoms with van der Waals surface area (Å²) in [4.78, 5) is 22.1. The standard InChI is InChI=1S/C15H13F3N4O/c1-3-9-6-22(7-19-9)13-5-12-11(4-10(13)15(16,17)18)21-14(23)8(2)20-12/h4-7H,3H2,1-2H3,(H,21,23). The second-order valence-electron chi connectivity index (χ2n) is 5.16. The van der Waals surface area contributed by atoms with Crippen LogP contribution in [0.4, 0.5) is 13.2 Å². The summed E-state index contributed by atoms with van der Waals surface area (Å²) in [5.74, 6) is 0. The van der Waals surface area contributed by atoms with Gasteiger partial charge in [0.2, 0.25) is 0 Å². The molecule has 3 aromatic rings. The van der Waals surface area contributed by atoms with Gasteiger partial charge in [0.15, 0.2) is 0 Å². The minimum absolute atomic E-state index is 0.0486. The van der Waals surface area contributed by atoms with Crippen LogP contribution in [0.2, 0.25) is 0 Å². The first-order chi connectivity index (χ1) is 10.8. The van der Waals surface area contributed by atoms with Gasteiger partial charge in [-0.05, 0) is 25.5 Å². The molecule has 120 valence electrons. The second kappa shape index (κ2) is 5.22. The molecule has 0 atom stereocenters. The van der Waals surface area contributed by atoms with Crippen LogP contribution in [0.15, 0.2) is 29.5 Å². The minimum atomic E-state index is -4.57. The van der Waals surface area contributed by atoms with E-state index in [2.05, 4.69) is 15.0 Å². The number of aromatic nitrogens is 4. The Morgan fingerprint density at radius 1 is 1.30 bits per heavy atom. The van der Waals surface area contributed by atoms with Crippen molar-refractivity contribution in [2.24, 2.45) is 0 Å². The summed E-state index contributed by atoms with van der Waals surface area (Å²) in [6, 6.07) is 2.21. The largest absolute Gasteiger partial charge is 0.418 e. The van der Waals surface area contributed by atoms with Crippen LogP contribution >= 0.6 is 0 Å². The highest BCUT2D eigenvalue weighted by atomic mass is 19.4. The summed E-state index contributed by atoms with van der Waals surface area (Å²) in [5, 5.41) is 0. The molecule has 0 saturated heterocycles. The van der Waals surface area contributed by atoms with Crippen LogP contribution in [-0.2, 0) is 12.6 Å². The molecule has 1 aromatic carbocycles. The van der Waals surface area contributed by atoms with Crippen molar-refractivity contribution in [3.05, 3.63) is 52.0 Å². The molecule has 0 saturated carbocycles. The summed E-state index contributed by atoms with van der Waals surface area (Å²) in [7, 11) is 0. The Balaban J connectivity index is 2.33. The van der Waals surface area contributed by atoms with E-state index in [1.165, 1.54) is 23.9 Å². The fraction of sp³-hybridized carbons (Fsp3) is 0.267. The van der Waals surface area contributed by atoms with E-state index in [1.54, 1.807) is 6.20 Å². The zero-order chi connectivity index (χ0) is 16.8. The molecule has 3 rings (SSSR count). The van der Waals surface area contributed by atoms with Crippen LogP contribution in [0.3, 0.4) is 0 Å². The molecular formula is C15H13F3N4O. The lowest BCUT2D eigenvalue weighted by atomic mass is 10.1. The van der Waals surface area contributed by atoms with E-state index in [9.17, 15) is 18.0 Å². The van der Waals surface area contributed by atoms with Gasteiger partial charge >= 0.3 is 6.18 Å². The van der Waals surface area contributed by atoms with Crippen molar-refractivity contribution in [1.29, 1.82) is 0 Å². The zero-order valence-electron chi connectivity index (χ0n) is 12.4. The highest BCUT2D eigenvalue weighted by Crippen LogP contribution is 2.35. The third-order valence-electron chi connectivity index (χ3n) is 3.56. The summed E-state index contributed by atoms with van der Waals surface area (Å²) in [6.45, 7) is 3.37. The molecule has 2 heterocycles. The molecule has 0 fully saturated rings. The van der Waals surface area contributed by atoms with Gasteiger partial charge in [0.25, 0.3) is 5.56 Å². The lowest BCUT2D eigenvalue weighted by Crippen LogP contribution is -2.15. The second-order valence-corrected chi connectivity index (χ2v) is 5.16. The Morgan fingerprint density at radius 2 is 2.04 bits per heavy atom. The quantitative estimate of drug-likeness (QED) is 0.789. The number of rotatable bonds is 2. The van der Waals surface area contributed by atoms with Crippen molar-refractivity contribution in [3.8, 4) is 5.69 Å². The molecule has 0 unspecified atom stereocenters. The number of hydrogen-bond acceptors (Lipinski definition) is 3. The van der Waals surface area contributed by atoms with E-state index < -0.39 is 17.3 Å². The average Bonchev–Trinajstić information content (AvgIpc) is 2.95. The number of fused-ring (bicyclic) bond motifs is 1. The molecule has 5 nitrogen and oxygen atoms in total. The molecule has 0 bridgehead atoms. The molecule has 0 aliphatic rings. The minimum Gasteiger partial charge on any atom is -0.319 e.